The summed E-state index contributed by atoms with van der Waals surface area (Å²) in [6.07, 6.45) is 5.07. The molecule has 1 aliphatic carbocycles. The Balaban J connectivity index is 2.24. The first kappa shape index (κ1) is 12.9. The third-order valence-corrected chi connectivity index (χ3v) is 3.55. The average molecular weight is 248 g/mol. The van der Waals surface area contributed by atoms with E-state index >= 15 is 0 Å². The Labute approximate surface area is 108 Å². The molecule has 18 heavy (non-hydrogen) atoms. The highest BCUT2D eigenvalue weighted by atomic mass is 16.5. The van der Waals surface area contributed by atoms with Gasteiger partial charge in [-0.25, -0.2) is 4.79 Å². The maximum atomic E-state index is 11.8. The van der Waals surface area contributed by atoms with Crippen LogP contribution in [-0.4, -0.2) is 19.7 Å². The van der Waals surface area contributed by atoms with E-state index in [1.54, 1.807) is 14.0 Å². The largest absolute Gasteiger partial charge is 0.496 e. The summed E-state index contributed by atoms with van der Waals surface area (Å²) in [5, 5.41) is 0. The van der Waals surface area contributed by atoms with Crippen LogP contribution in [0.25, 0.3) is 0 Å². The maximum Gasteiger partial charge on any atom is 0.341 e. The summed E-state index contributed by atoms with van der Waals surface area (Å²) in [7, 11) is 1.59. The number of ether oxygens (including phenoxy) is 2. The molecule has 3 nitrogen and oxygen atoms in total. The number of esters is 1. The number of benzene rings is 1. The third-order valence-electron chi connectivity index (χ3n) is 3.55. The summed E-state index contributed by atoms with van der Waals surface area (Å²) >= 11 is 0. The van der Waals surface area contributed by atoms with E-state index in [1.807, 2.05) is 18.2 Å². The zero-order valence-corrected chi connectivity index (χ0v) is 11.1. The van der Waals surface area contributed by atoms with Gasteiger partial charge in [0.15, 0.2) is 0 Å². The van der Waals surface area contributed by atoms with Gasteiger partial charge in [-0.2, -0.15) is 0 Å². The second kappa shape index (κ2) is 5.89. The van der Waals surface area contributed by atoms with E-state index in [0.29, 0.717) is 23.8 Å². The molecule has 98 valence electrons. The molecular weight excluding hydrogens is 228 g/mol. The van der Waals surface area contributed by atoms with E-state index in [0.717, 1.165) is 0 Å². The van der Waals surface area contributed by atoms with Gasteiger partial charge in [-0.3, -0.25) is 0 Å². The summed E-state index contributed by atoms with van der Waals surface area (Å²) < 4.78 is 10.3. The summed E-state index contributed by atoms with van der Waals surface area (Å²) in [5.41, 5.74) is 1.79. The molecule has 0 saturated heterocycles. The van der Waals surface area contributed by atoms with Crippen molar-refractivity contribution in [1.82, 2.24) is 0 Å². The van der Waals surface area contributed by atoms with Gasteiger partial charge in [0.2, 0.25) is 0 Å². The van der Waals surface area contributed by atoms with Crippen molar-refractivity contribution < 1.29 is 14.3 Å². The van der Waals surface area contributed by atoms with E-state index in [4.69, 9.17) is 9.47 Å². The maximum absolute atomic E-state index is 11.8. The van der Waals surface area contributed by atoms with E-state index in [-0.39, 0.29) is 5.97 Å². The smallest absolute Gasteiger partial charge is 0.341 e. The molecule has 1 aromatic rings. The van der Waals surface area contributed by atoms with Crippen LogP contribution in [0.4, 0.5) is 0 Å². The monoisotopic (exact) mass is 248 g/mol. The second-order valence-corrected chi connectivity index (χ2v) is 4.66. The zero-order chi connectivity index (χ0) is 13.0. The van der Waals surface area contributed by atoms with Crippen LogP contribution in [0.15, 0.2) is 18.2 Å². The highest BCUT2D eigenvalue weighted by Gasteiger charge is 2.20. The molecule has 0 N–H and O–H groups in total. The van der Waals surface area contributed by atoms with Crippen LogP contribution in [0.1, 0.15) is 54.4 Å². The topological polar surface area (TPSA) is 35.5 Å². The molecule has 1 saturated carbocycles. The first-order valence-corrected chi connectivity index (χ1v) is 6.61. The number of rotatable bonds is 4. The number of hydrogen-bond acceptors (Lipinski definition) is 3. The molecular formula is C15H20O3. The van der Waals surface area contributed by atoms with Gasteiger partial charge >= 0.3 is 5.97 Å². The second-order valence-electron chi connectivity index (χ2n) is 4.66. The molecule has 3 heteroatoms. The quantitative estimate of drug-likeness (QED) is 0.765. The van der Waals surface area contributed by atoms with Gasteiger partial charge in [0.05, 0.1) is 13.7 Å². The Morgan fingerprint density at radius 1 is 1.33 bits per heavy atom. The lowest BCUT2D eigenvalue weighted by Gasteiger charge is -2.13. The van der Waals surface area contributed by atoms with Crippen molar-refractivity contribution in [2.75, 3.05) is 13.7 Å². The fraction of sp³-hybridized carbons (Fsp3) is 0.533. The molecule has 0 radical (unpaired) electrons. The highest BCUT2D eigenvalue weighted by Crippen LogP contribution is 2.36. The van der Waals surface area contributed by atoms with Crippen LogP contribution in [0.2, 0.25) is 0 Å². The SMILES string of the molecule is CCOC(=O)c1ccc(C2CCCC2)cc1OC. The molecule has 1 aliphatic rings. The fourth-order valence-electron chi connectivity index (χ4n) is 2.60. The van der Waals surface area contributed by atoms with Crippen molar-refractivity contribution in [2.24, 2.45) is 0 Å². The average Bonchev–Trinajstić information content (AvgIpc) is 2.92. The molecule has 0 aromatic heterocycles. The predicted molar refractivity (Wildman–Crippen MR) is 70.2 cm³/mol. The van der Waals surface area contributed by atoms with Crippen LogP contribution in [0.3, 0.4) is 0 Å². The molecule has 0 atom stereocenters. The zero-order valence-electron chi connectivity index (χ0n) is 11.1. The van der Waals surface area contributed by atoms with Gasteiger partial charge in [0.1, 0.15) is 11.3 Å². The molecule has 0 amide bonds. The lowest BCUT2D eigenvalue weighted by molar-refractivity contribution is 0.0522. The van der Waals surface area contributed by atoms with Crippen molar-refractivity contribution >= 4 is 5.97 Å². The molecule has 0 aliphatic heterocycles. The van der Waals surface area contributed by atoms with Crippen molar-refractivity contribution in [1.29, 1.82) is 0 Å². The van der Waals surface area contributed by atoms with Crippen LogP contribution < -0.4 is 4.74 Å². The Hall–Kier alpha value is -1.51. The van der Waals surface area contributed by atoms with Gasteiger partial charge in [0.25, 0.3) is 0 Å². The van der Waals surface area contributed by atoms with Gasteiger partial charge in [-0.05, 0) is 43.4 Å². The lowest BCUT2D eigenvalue weighted by atomic mass is 9.96. The Morgan fingerprint density at radius 2 is 2.06 bits per heavy atom. The molecule has 0 unspecified atom stereocenters. The van der Waals surface area contributed by atoms with Crippen molar-refractivity contribution in [3.63, 3.8) is 0 Å². The summed E-state index contributed by atoms with van der Waals surface area (Å²) in [4.78, 5) is 11.8. The normalized spacial score (nSPS) is 15.7. The van der Waals surface area contributed by atoms with E-state index in [9.17, 15) is 4.79 Å². The molecule has 1 fully saturated rings. The van der Waals surface area contributed by atoms with Crippen LogP contribution in [-0.2, 0) is 4.74 Å². The van der Waals surface area contributed by atoms with Gasteiger partial charge in [-0.15, -0.1) is 0 Å². The van der Waals surface area contributed by atoms with E-state index in [1.165, 1.54) is 31.2 Å². The van der Waals surface area contributed by atoms with Crippen molar-refractivity contribution in [2.45, 2.75) is 38.5 Å². The van der Waals surface area contributed by atoms with Crippen LogP contribution in [0, 0.1) is 0 Å². The molecule has 1 aromatic carbocycles. The van der Waals surface area contributed by atoms with Crippen molar-refractivity contribution in [3.8, 4) is 5.75 Å². The summed E-state index contributed by atoms with van der Waals surface area (Å²) in [5.74, 6) is 0.931. The first-order chi connectivity index (χ1) is 8.76. The lowest BCUT2D eigenvalue weighted by Crippen LogP contribution is -2.07. The van der Waals surface area contributed by atoms with Crippen LogP contribution >= 0.6 is 0 Å². The minimum Gasteiger partial charge on any atom is -0.496 e. The number of carbonyl (C=O) groups is 1. The van der Waals surface area contributed by atoms with Gasteiger partial charge in [0, 0.05) is 0 Å². The predicted octanol–water partition coefficient (Wildman–Crippen LogP) is 3.53. The van der Waals surface area contributed by atoms with E-state index < -0.39 is 0 Å². The fourth-order valence-corrected chi connectivity index (χ4v) is 2.60. The minimum absolute atomic E-state index is 0.313. The highest BCUT2D eigenvalue weighted by molar-refractivity contribution is 5.92. The number of methoxy groups -OCH3 is 1. The standard InChI is InChI=1S/C15H20O3/c1-3-18-15(16)13-9-8-12(10-14(13)17-2)11-6-4-5-7-11/h8-11H,3-7H2,1-2H3. The summed E-state index contributed by atoms with van der Waals surface area (Å²) in [6, 6.07) is 5.84. The minimum atomic E-state index is -0.313. The first-order valence-electron chi connectivity index (χ1n) is 6.61. The number of hydrogen-bond donors (Lipinski definition) is 0. The Bertz CT molecular complexity index is 420. The molecule has 0 spiro atoms. The molecule has 0 heterocycles. The molecule has 2 rings (SSSR count). The Morgan fingerprint density at radius 3 is 2.67 bits per heavy atom. The van der Waals surface area contributed by atoms with Gasteiger partial charge in [-0.1, -0.05) is 18.9 Å². The van der Waals surface area contributed by atoms with Crippen molar-refractivity contribution in [3.05, 3.63) is 29.3 Å². The van der Waals surface area contributed by atoms with E-state index in [2.05, 4.69) is 0 Å². The third kappa shape index (κ3) is 2.66. The number of carbonyl (C=O) groups excluding carboxylic acids is 1. The van der Waals surface area contributed by atoms with Gasteiger partial charge < -0.3 is 9.47 Å². The Kier molecular flexibility index (Phi) is 4.24. The summed E-state index contributed by atoms with van der Waals surface area (Å²) in [6.45, 7) is 2.18. The van der Waals surface area contributed by atoms with Crippen LogP contribution in [0.5, 0.6) is 5.75 Å². The molecule has 0 bridgehead atoms.